The molecule has 0 aliphatic carbocycles. The lowest BCUT2D eigenvalue weighted by atomic mass is 10.1. The number of amides is 1. The molecule has 10 heteroatoms. The van der Waals surface area contributed by atoms with Gasteiger partial charge in [-0.1, -0.05) is 23.7 Å². The van der Waals surface area contributed by atoms with Crippen molar-refractivity contribution in [2.24, 2.45) is 0 Å². The number of hydrogen-bond donors (Lipinski definition) is 1. The maximum Gasteiger partial charge on any atom is 0.266 e. The quantitative estimate of drug-likeness (QED) is 0.235. The van der Waals surface area contributed by atoms with Gasteiger partial charge in [0.05, 0.1) is 38.4 Å². The number of nitrogens with one attached hydrogen (secondary N) is 1. The van der Waals surface area contributed by atoms with E-state index in [9.17, 15) is 14.0 Å². The standard InChI is InChI=1S/C29H24ClFN2O5S/c1-36-20-7-4-16(5-8-20)14-33(29(35)27-26(30)21-9-6-19(31)12-25(21)39-27)15-18-10-17-11-23(37-2)24(38-3)13-22(17)32-28(18)34/h4-13H,14-15H2,1-3H3,(H,32,34). The van der Waals surface area contributed by atoms with Gasteiger partial charge in [-0.25, -0.2) is 4.39 Å². The van der Waals surface area contributed by atoms with E-state index in [2.05, 4.69) is 4.98 Å². The van der Waals surface area contributed by atoms with E-state index >= 15 is 0 Å². The summed E-state index contributed by atoms with van der Waals surface area (Å²) in [5, 5.41) is 1.57. The molecule has 0 spiro atoms. The molecule has 39 heavy (non-hydrogen) atoms. The van der Waals surface area contributed by atoms with Crippen LogP contribution in [0.25, 0.3) is 21.0 Å². The molecule has 0 bridgehead atoms. The number of benzene rings is 3. The van der Waals surface area contributed by atoms with Crippen molar-refractivity contribution in [3.05, 3.63) is 97.9 Å². The normalized spacial score (nSPS) is 11.1. The molecule has 0 fully saturated rings. The highest BCUT2D eigenvalue weighted by Gasteiger charge is 2.24. The first-order chi connectivity index (χ1) is 18.8. The minimum absolute atomic E-state index is 0.00339. The van der Waals surface area contributed by atoms with Crippen LogP contribution in [0.3, 0.4) is 0 Å². The maximum atomic E-state index is 13.9. The van der Waals surface area contributed by atoms with Gasteiger partial charge in [-0.2, -0.15) is 0 Å². The van der Waals surface area contributed by atoms with Gasteiger partial charge in [-0.3, -0.25) is 9.59 Å². The van der Waals surface area contributed by atoms with Crippen LogP contribution in [0.1, 0.15) is 20.8 Å². The Morgan fingerprint density at radius 1 is 0.949 bits per heavy atom. The zero-order chi connectivity index (χ0) is 27.7. The Morgan fingerprint density at radius 2 is 1.67 bits per heavy atom. The lowest BCUT2D eigenvalue weighted by Gasteiger charge is -2.23. The van der Waals surface area contributed by atoms with Crippen molar-refractivity contribution in [1.29, 1.82) is 0 Å². The summed E-state index contributed by atoms with van der Waals surface area (Å²) in [6.45, 7) is 0.203. The van der Waals surface area contributed by atoms with Gasteiger partial charge in [0.15, 0.2) is 11.5 Å². The van der Waals surface area contributed by atoms with Crippen LogP contribution in [0.2, 0.25) is 5.02 Å². The third-order valence-electron chi connectivity index (χ3n) is 6.39. The SMILES string of the molecule is COc1ccc(CN(Cc2cc3cc(OC)c(OC)cc3[nH]c2=O)C(=O)c2sc3cc(F)ccc3c2Cl)cc1. The fourth-order valence-electron chi connectivity index (χ4n) is 4.37. The van der Waals surface area contributed by atoms with Crippen molar-refractivity contribution in [3.8, 4) is 17.2 Å². The Labute approximate surface area is 232 Å². The number of aromatic nitrogens is 1. The third-order valence-corrected chi connectivity index (χ3v) is 8.04. The first-order valence-electron chi connectivity index (χ1n) is 11.9. The van der Waals surface area contributed by atoms with Gasteiger partial charge in [-0.15, -0.1) is 11.3 Å². The van der Waals surface area contributed by atoms with E-state index in [1.54, 1.807) is 48.4 Å². The number of carbonyl (C=O) groups excluding carboxylic acids is 1. The van der Waals surface area contributed by atoms with Gasteiger partial charge in [0.25, 0.3) is 11.5 Å². The molecule has 0 atom stereocenters. The summed E-state index contributed by atoms with van der Waals surface area (Å²) in [5.74, 6) is 0.897. The first-order valence-corrected chi connectivity index (χ1v) is 13.1. The minimum Gasteiger partial charge on any atom is -0.497 e. The number of halogens is 2. The molecular formula is C29H24ClFN2O5S. The van der Waals surface area contributed by atoms with Crippen molar-refractivity contribution in [3.63, 3.8) is 0 Å². The van der Waals surface area contributed by atoms with Crippen LogP contribution in [0.5, 0.6) is 17.2 Å². The van der Waals surface area contributed by atoms with Crippen molar-refractivity contribution in [1.82, 2.24) is 9.88 Å². The van der Waals surface area contributed by atoms with Gasteiger partial charge < -0.3 is 24.1 Å². The largest absolute Gasteiger partial charge is 0.497 e. The lowest BCUT2D eigenvalue weighted by Crippen LogP contribution is -2.32. The number of H-pyrrole nitrogens is 1. The Kier molecular flexibility index (Phi) is 7.45. The smallest absolute Gasteiger partial charge is 0.266 e. The number of nitrogens with zero attached hydrogens (tertiary/aromatic N) is 1. The highest BCUT2D eigenvalue weighted by Crippen LogP contribution is 2.37. The van der Waals surface area contributed by atoms with Crippen LogP contribution in [0.15, 0.2) is 65.5 Å². The van der Waals surface area contributed by atoms with E-state index in [-0.39, 0.29) is 34.5 Å². The van der Waals surface area contributed by atoms with Gasteiger partial charge in [0, 0.05) is 33.6 Å². The molecule has 200 valence electrons. The predicted octanol–water partition coefficient (Wildman–Crippen LogP) is 6.40. The van der Waals surface area contributed by atoms with Crippen molar-refractivity contribution in [2.45, 2.75) is 13.1 Å². The van der Waals surface area contributed by atoms with Gasteiger partial charge in [0.2, 0.25) is 0 Å². The van der Waals surface area contributed by atoms with Gasteiger partial charge >= 0.3 is 0 Å². The molecule has 5 rings (SSSR count). The molecule has 1 amide bonds. The minimum atomic E-state index is -0.413. The van der Waals surface area contributed by atoms with Crippen LogP contribution in [0, 0.1) is 5.82 Å². The van der Waals surface area contributed by atoms with E-state index in [1.807, 2.05) is 12.1 Å². The summed E-state index contributed by atoms with van der Waals surface area (Å²) in [6.07, 6.45) is 0. The predicted molar refractivity (Wildman–Crippen MR) is 151 cm³/mol. The molecule has 0 aliphatic rings. The second kappa shape index (κ2) is 11.0. The number of aromatic amines is 1. The monoisotopic (exact) mass is 566 g/mol. The van der Waals surface area contributed by atoms with Crippen LogP contribution < -0.4 is 19.8 Å². The Morgan fingerprint density at radius 3 is 2.36 bits per heavy atom. The van der Waals surface area contributed by atoms with Crippen LogP contribution in [-0.2, 0) is 13.1 Å². The summed E-state index contributed by atoms with van der Waals surface area (Å²) in [7, 11) is 4.63. The molecule has 7 nitrogen and oxygen atoms in total. The zero-order valence-electron chi connectivity index (χ0n) is 21.3. The molecule has 3 aromatic carbocycles. The third kappa shape index (κ3) is 5.28. The second-order valence-corrected chi connectivity index (χ2v) is 10.2. The number of rotatable bonds is 8. The Hall–Kier alpha value is -4.08. The van der Waals surface area contributed by atoms with E-state index < -0.39 is 5.82 Å². The van der Waals surface area contributed by atoms with E-state index in [1.165, 1.54) is 26.4 Å². The topological polar surface area (TPSA) is 80.9 Å². The molecule has 0 saturated carbocycles. The highest BCUT2D eigenvalue weighted by molar-refractivity contribution is 7.21. The van der Waals surface area contributed by atoms with E-state index in [4.69, 9.17) is 25.8 Å². The fraction of sp³-hybridized carbons (Fsp3) is 0.172. The average Bonchev–Trinajstić information content (AvgIpc) is 3.27. The number of thiophene rings is 1. The highest BCUT2D eigenvalue weighted by atomic mass is 35.5. The van der Waals surface area contributed by atoms with Crippen molar-refractivity contribution in [2.75, 3.05) is 21.3 Å². The fourth-order valence-corrected chi connectivity index (χ4v) is 5.88. The molecule has 0 aliphatic heterocycles. The number of pyridine rings is 1. The molecule has 0 unspecified atom stereocenters. The number of hydrogen-bond acceptors (Lipinski definition) is 6. The van der Waals surface area contributed by atoms with Gasteiger partial charge in [0.1, 0.15) is 16.4 Å². The van der Waals surface area contributed by atoms with E-state index in [0.717, 1.165) is 22.3 Å². The number of methoxy groups -OCH3 is 3. The molecule has 0 radical (unpaired) electrons. The molecule has 2 heterocycles. The molecule has 1 N–H and O–H groups in total. The summed E-state index contributed by atoms with van der Waals surface area (Å²) in [5.41, 5.74) is 1.44. The summed E-state index contributed by atoms with van der Waals surface area (Å²) < 4.78 is 30.4. The number of fused-ring (bicyclic) bond motifs is 2. The van der Waals surface area contributed by atoms with Crippen LogP contribution in [0.4, 0.5) is 4.39 Å². The molecular weight excluding hydrogens is 543 g/mol. The van der Waals surface area contributed by atoms with Gasteiger partial charge in [-0.05, 0) is 48.0 Å². The average molecular weight is 567 g/mol. The van der Waals surface area contributed by atoms with Crippen LogP contribution in [-0.4, -0.2) is 37.1 Å². The maximum absolute atomic E-state index is 13.9. The first kappa shape index (κ1) is 26.5. The van der Waals surface area contributed by atoms with E-state index in [0.29, 0.717) is 38.4 Å². The molecule has 2 aromatic heterocycles. The van der Waals surface area contributed by atoms with Crippen molar-refractivity contribution >= 4 is 49.8 Å². The zero-order valence-corrected chi connectivity index (χ0v) is 22.9. The molecule has 0 saturated heterocycles. The van der Waals surface area contributed by atoms with Crippen LogP contribution >= 0.6 is 22.9 Å². The summed E-state index contributed by atoms with van der Waals surface area (Å²) >= 11 is 7.71. The summed E-state index contributed by atoms with van der Waals surface area (Å²) in [6, 6.07) is 16.7. The number of ether oxygens (including phenoxy) is 3. The number of carbonyl (C=O) groups is 1. The lowest BCUT2D eigenvalue weighted by molar-refractivity contribution is 0.0734. The second-order valence-electron chi connectivity index (χ2n) is 8.81. The Bertz CT molecular complexity index is 1750. The van der Waals surface area contributed by atoms with Crippen molar-refractivity contribution < 1.29 is 23.4 Å². The molecule has 5 aromatic rings. The Balaban J connectivity index is 1.56. The summed E-state index contributed by atoms with van der Waals surface area (Å²) in [4.78, 5) is 31.7.